The van der Waals surface area contributed by atoms with Crippen LogP contribution in [0.5, 0.6) is 5.75 Å². The maximum Gasteiger partial charge on any atom is 0.260 e. The Morgan fingerprint density at radius 2 is 2.04 bits per heavy atom. The van der Waals surface area contributed by atoms with Crippen LogP contribution in [0, 0.1) is 13.8 Å². The van der Waals surface area contributed by atoms with E-state index in [1.807, 2.05) is 32.0 Å². The fraction of sp³-hybridized carbons (Fsp3) is 0.471. The third-order valence-corrected chi connectivity index (χ3v) is 4.29. The normalized spacial score (nSPS) is 15.9. The summed E-state index contributed by atoms with van der Waals surface area (Å²) in [5.41, 5.74) is 2.59. The van der Waals surface area contributed by atoms with Crippen LogP contribution in [0.25, 0.3) is 0 Å². The number of amides is 1. The zero-order valence-corrected chi connectivity index (χ0v) is 14.1. The summed E-state index contributed by atoms with van der Waals surface area (Å²) in [6.07, 6.45) is 1.09. The Kier molecular flexibility index (Phi) is 4.53. The fourth-order valence-corrected chi connectivity index (χ4v) is 2.74. The number of carbonyl (C=O) groups is 1. The van der Waals surface area contributed by atoms with Crippen molar-refractivity contribution in [1.82, 2.24) is 19.9 Å². The smallest absolute Gasteiger partial charge is 0.260 e. The van der Waals surface area contributed by atoms with Gasteiger partial charge in [0, 0.05) is 13.1 Å². The summed E-state index contributed by atoms with van der Waals surface area (Å²) in [6, 6.07) is 6.02. The lowest BCUT2D eigenvalue weighted by Gasteiger charge is -2.38. The molecule has 1 aliphatic rings. The SMILES string of the molecule is Cc1cccc(C)c1OCC(=O)N1CC(n2cc([C@H](C)O)nn2)C1. The number of aryl methyl sites for hydroxylation is 2. The number of benzene rings is 1. The van der Waals surface area contributed by atoms with E-state index in [2.05, 4.69) is 10.3 Å². The minimum absolute atomic E-state index is 0.0364. The quantitative estimate of drug-likeness (QED) is 0.896. The molecule has 0 spiro atoms. The van der Waals surface area contributed by atoms with Gasteiger partial charge < -0.3 is 14.7 Å². The number of aromatic nitrogens is 3. The third kappa shape index (κ3) is 3.26. The lowest BCUT2D eigenvalue weighted by molar-refractivity contribution is -0.139. The molecule has 2 heterocycles. The van der Waals surface area contributed by atoms with Gasteiger partial charge in [0.05, 0.1) is 18.3 Å². The molecule has 1 amide bonds. The van der Waals surface area contributed by atoms with Gasteiger partial charge in [-0.1, -0.05) is 23.4 Å². The minimum atomic E-state index is -0.637. The molecule has 3 rings (SSSR count). The van der Waals surface area contributed by atoms with Gasteiger partial charge in [0.2, 0.25) is 0 Å². The Morgan fingerprint density at radius 3 is 2.62 bits per heavy atom. The molecule has 1 fully saturated rings. The maximum absolute atomic E-state index is 12.2. The summed E-state index contributed by atoms with van der Waals surface area (Å²) in [5, 5.41) is 17.4. The van der Waals surface area contributed by atoms with Crippen LogP contribution in [0.4, 0.5) is 0 Å². The molecule has 0 bridgehead atoms. The highest BCUT2D eigenvalue weighted by Crippen LogP contribution is 2.24. The number of nitrogens with zero attached hydrogens (tertiary/aromatic N) is 4. The van der Waals surface area contributed by atoms with E-state index < -0.39 is 6.10 Å². The fourth-order valence-electron chi connectivity index (χ4n) is 2.74. The molecule has 1 aromatic carbocycles. The van der Waals surface area contributed by atoms with Gasteiger partial charge in [0.1, 0.15) is 11.4 Å². The monoisotopic (exact) mass is 330 g/mol. The van der Waals surface area contributed by atoms with Crippen LogP contribution in [-0.4, -0.2) is 50.6 Å². The Hall–Kier alpha value is -2.41. The summed E-state index contributed by atoms with van der Waals surface area (Å²) >= 11 is 0. The summed E-state index contributed by atoms with van der Waals surface area (Å²) in [7, 11) is 0. The first-order valence-electron chi connectivity index (χ1n) is 8.02. The van der Waals surface area contributed by atoms with E-state index in [1.165, 1.54) is 0 Å². The average Bonchev–Trinajstić information content (AvgIpc) is 2.95. The van der Waals surface area contributed by atoms with Gasteiger partial charge in [-0.3, -0.25) is 4.79 Å². The maximum atomic E-state index is 12.2. The third-order valence-electron chi connectivity index (χ3n) is 4.29. The number of para-hydroxylation sites is 1. The first-order chi connectivity index (χ1) is 11.5. The van der Waals surface area contributed by atoms with E-state index in [4.69, 9.17) is 4.74 Å². The molecule has 0 radical (unpaired) electrons. The number of hydrogen-bond acceptors (Lipinski definition) is 5. The lowest BCUT2D eigenvalue weighted by atomic mass is 10.1. The van der Waals surface area contributed by atoms with Gasteiger partial charge in [-0.2, -0.15) is 0 Å². The molecule has 2 aromatic rings. The highest BCUT2D eigenvalue weighted by molar-refractivity contribution is 5.78. The van der Waals surface area contributed by atoms with Crippen LogP contribution in [0.15, 0.2) is 24.4 Å². The van der Waals surface area contributed by atoms with E-state index >= 15 is 0 Å². The second-order valence-electron chi connectivity index (χ2n) is 6.26. The van der Waals surface area contributed by atoms with Gasteiger partial charge in [-0.25, -0.2) is 4.68 Å². The van der Waals surface area contributed by atoms with E-state index in [9.17, 15) is 9.90 Å². The van der Waals surface area contributed by atoms with Crippen molar-refractivity contribution in [2.24, 2.45) is 0 Å². The summed E-state index contributed by atoms with van der Waals surface area (Å²) < 4.78 is 7.41. The van der Waals surface area contributed by atoms with Gasteiger partial charge in [-0.15, -0.1) is 5.10 Å². The van der Waals surface area contributed by atoms with Crippen molar-refractivity contribution < 1.29 is 14.6 Å². The molecule has 24 heavy (non-hydrogen) atoms. The molecule has 0 aliphatic carbocycles. The number of aliphatic hydroxyl groups is 1. The van der Waals surface area contributed by atoms with E-state index in [1.54, 1.807) is 22.7 Å². The van der Waals surface area contributed by atoms with Crippen molar-refractivity contribution >= 4 is 5.91 Å². The number of hydrogen-bond donors (Lipinski definition) is 1. The number of aliphatic hydroxyl groups excluding tert-OH is 1. The molecule has 0 saturated carbocycles. The predicted octanol–water partition coefficient (Wildman–Crippen LogP) is 1.41. The Bertz CT molecular complexity index is 715. The number of rotatable bonds is 5. The van der Waals surface area contributed by atoms with Crippen LogP contribution >= 0.6 is 0 Å². The molecule has 7 nitrogen and oxygen atoms in total. The first kappa shape index (κ1) is 16.4. The topological polar surface area (TPSA) is 80.5 Å². The highest BCUT2D eigenvalue weighted by atomic mass is 16.5. The van der Waals surface area contributed by atoms with Crippen molar-refractivity contribution in [1.29, 1.82) is 0 Å². The molecular formula is C17H22N4O3. The van der Waals surface area contributed by atoms with Gasteiger partial charge in [0.15, 0.2) is 6.61 Å². The van der Waals surface area contributed by atoms with E-state index in [0.29, 0.717) is 18.8 Å². The van der Waals surface area contributed by atoms with Crippen LogP contribution < -0.4 is 4.74 Å². The molecule has 7 heteroatoms. The number of ether oxygens (including phenoxy) is 1. The van der Waals surface area contributed by atoms with Crippen LogP contribution in [0.3, 0.4) is 0 Å². The molecule has 1 atom stereocenters. The zero-order valence-electron chi connectivity index (χ0n) is 14.1. The zero-order chi connectivity index (χ0) is 17.3. The molecule has 128 valence electrons. The lowest BCUT2D eigenvalue weighted by Crippen LogP contribution is -2.52. The summed E-state index contributed by atoms with van der Waals surface area (Å²) in [5.74, 6) is 0.741. The molecule has 0 unspecified atom stereocenters. The Labute approximate surface area is 140 Å². The van der Waals surface area contributed by atoms with Crippen LogP contribution in [-0.2, 0) is 4.79 Å². The average molecular weight is 330 g/mol. The first-order valence-corrected chi connectivity index (χ1v) is 8.02. The van der Waals surface area contributed by atoms with Gasteiger partial charge >= 0.3 is 0 Å². The van der Waals surface area contributed by atoms with E-state index in [-0.39, 0.29) is 18.6 Å². The van der Waals surface area contributed by atoms with Crippen molar-refractivity contribution in [3.8, 4) is 5.75 Å². The van der Waals surface area contributed by atoms with Crippen molar-refractivity contribution in [3.63, 3.8) is 0 Å². The second-order valence-corrected chi connectivity index (χ2v) is 6.26. The summed E-state index contributed by atoms with van der Waals surface area (Å²) in [6.45, 7) is 6.79. The largest absolute Gasteiger partial charge is 0.483 e. The minimum Gasteiger partial charge on any atom is -0.483 e. The van der Waals surface area contributed by atoms with E-state index in [0.717, 1.165) is 16.9 Å². The molecule has 1 N–H and O–H groups in total. The van der Waals surface area contributed by atoms with Gasteiger partial charge in [-0.05, 0) is 31.9 Å². The standard InChI is InChI=1S/C17H22N4O3/c1-11-5-4-6-12(2)17(11)24-10-16(23)20-7-14(8-20)21-9-15(13(3)22)18-19-21/h4-6,9,13-14,22H,7-8,10H2,1-3H3/t13-/m0/s1. The van der Waals surface area contributed by atoms with Crippen molar-refractivity contribution in [3.05, 3.63) is 41.2 Å². The number of likely N-dealkylation sites (tertiary alicyclic amines) is 1. The van der Waals surface area contributed by atoms with Crippen LogP contribution in [0.2, 0.25) is 0 Å². The second kappa shape index (κ2) is 6.60. The molecule has 1 saturated heterocycles. The van der Waals surface area contributed by atoms with Crippen molar-refractivity contribution in [2.75, 3.05) is 19.7 Å². The van der Waals surface area contributed by atoms with Crippen LogP contribution in [0.1, 0.15) is 35.9 Å². The Morgan fingerprint density at radius 1 is 1.38 bits per heavy atom. The molecule has 1 aromatic heterocycles. The number of carbonyl (C=O) groups excluding carboxylic acids is 1. The Balaban J connectivity index is 1.51. The predicted molar refractivity (Wildman–Crippen MR) is 87.7 cm³/mol. The summed E-state index contributed by atoms with van der Waals surface area (Å²) in [4.78, 5) is 14.0. The molecular weight excluding hydrogens is 308 g/mol. The van der Waals surface area contributed by atoms with Crippen molar-refractivity contribution in [2.45, 2.75) is 32.9 Å². The highest BCUT2D eigenvalue weighted by Gasteiger charge is 2.33. The molecule has 1 aliphatic heterocycles. The van der Waals surface area contributed by atoms with Gasteiger partial charge in [0.25, 0.3) is 5.91 Å².